The molecule has 0 amide bonds. The average molecular weight is 394 g/mol. The van der Waals surface area contributed by atoms with E-state index < -0.39 is 0 Å². The molecule has 3 heterocycles. The summed E-state index contributed by atoms with van der Waals surface area (Å²) in [7, 11) is 1.85. The smallest absolute Gasteiger partial charge is 0.191 e. The molecule has 2 aliphatic heterocycles. The Kier molecular flexibility index (Phi) is 8.38. The van der Waals surface area contributed by atoms with Gasteiger partial charge in [0, 0.05) is 44.6 Å². The van der Waals surface area contributed by atoms with Crippen molar-refractivity contribution >= 4 is 17.3 Å². The van der Waals surface area contributed by atoms with Crippen LogP contribution in [0.5, 0.6) is 0 Å². The summed E-state index contributed by atoms with van der Waals surface area (Å²) in [6.07, 6.45) is 2.60. The fraction of sp³-hybridized carbons (Fsp3) is 0.750. The minimum Gasteiger partial charge on any atom is -0.379 e. The normalized spacial score (nSPS) is 21.9. The van der Waals surface area contributed by atoms with Gasteiger partial charge < -0.3 is 15.4 Å². The van der Waals surface area contributed by atoms with Crippen LogP contribution < -0.4 is 10.6 Å². The van der Waals surface area contributed by atoms with Gasteiger partial charge in [-0.25, -0.2) is 0 Å². The lowest BCUT2D eigenvalue weighted by Gasteiger charge is -2.36. The van der Waals surface area contributed by atoms with Crippen molar-refractivity contribution in [3.63, 3.8) is 0 Å². The Balaban J connectivity index is 1.47. The van der Waals surface area contributed by atoms with Crippen molar-refractivity contribution in [3.8, 4) is 0 Å². The number of aliphatic imine (C=N–C) groups is 1. The van der Waals surface area contributed by atoms with Crippen LogP contribution in [0.25, 0.3) is 0 Å². The first-order chi connectivity index (χ1) is 13.3. The van der Waals surface area contributed by atoms with Crippen molar-refractivity contribution in [1.29, 1.82) is 0 Å². The zero-order chi connectivity index (χ0) is 18.9. The van der Waals surface area contributed by atoms with Crippen LogP contribution in [0.2, 0.25) is 0 Å². The van der Waals surface area contributed by atoms with Crippen LogP contribution in [0.1, 0.15) is 30.7 Å². The number of nitrogens with zero attached hydrogens (tertiary/aromatic N) is 3. The standard InChI is InChI=1S/C20H35N5OS/c1-17-5-8-25(9-6-17)18(19-4-3-15-27-19)16-23-20(21-2)22-7-10-24-11-13-26-14-12-24/h3-4,15,17-18H,5-14,16H2,1-2H3,(H2,21,22,23). The Hall–Kier alpha value is -1.15. The Labute approximate surface area is 168 Å². The number of thiophene rings is 1. The van der Waals surface area contributed by atoms with Crippen LogP contribution >= 0.6 is 11.3 Å². The molecule has 1 atom stereocenters. The van der Waals surface area contributed by atoms with Crippen LogP contribution in [0.4, 0.5) is 0 Å². The third-order valence-electron chi connectivity index (χ3n) is 5.64. The van der Waals surface area contributed by atoms with E-state index in [1.165, 1.54) is 30.8 Å². The van der Waals surface area contributed by atoms with Gasteiger partial charge in [0.05, 0.1) is 19.3 Å². The van der Waals surface area contributed by atoms with Gasteiger partial charge in [-0.15, -0.1) is 11.3 Å². The summed E-state index contributed by atoms with van der Waals surface area (Å²) in [5.41, 5.74) is 0. The van der Waals surface area contributed by atoms with Crippen LogP contribution in [-0.2, 0) is 4.74 Å². The van der Waals surface area contributed by atoms with Crippen molar-refractivity contribution in [2.75, 3.05) is 66.1 Å². The van der Waals surface area contributed by atoms with E-state index in [-0.39, 0.29) is 0 Å². The molecule has 1 aromatic rings. The van der Waals surface area contributed by atoms with Gasteiger partial charge in [-0.3, -0.25) is 14.8 Å². The predicted molar refractivity (Wildman–Crippen MR) is 114 cm³/mol. The van der Waals surface area contributed by atoms with E-state index in [2.05, 4.69) is 49.9 Å². The number of guanidine groups is 1. The lowest BCUT2D eigenvalue weighted by atomic mass is 9.97. The maximum Gasteiger partial charge on any atom is 0.191 e. The highest BCUT2D eigenvalue weighted by Gasteiger charge is 2.25. The highest BCUT2D eigenvalue weighted by atomic mass is 32.1. The van der Waals surface area contributed by atoms with E-state index in [0.29, 0.717) is 6.04 Å². The second-order valence-electron chi connectivity index (χ2n) is 7.58. The average Bonchev–Trinajstić information content (AvgIpc) is 3.23. The molecule has 0 radical (unpaired) electrons. The van der Waals surface area contributed by atoms with Crippen LogP contribution in [0.3, 0.4) is 0 Å². The number of hydrogen-bond donors (Lipinski definition) is 2. The molecule has 0 bridgehead atoms. The van der Waals surface area contributed by atoms with E-state index in [4.69, 9.17) is 4.74 Å². The van der Waals surface area contributed by atoms with Gasteiger partial charge in [-0.2, -0.15) is 0 Å². The topological polar surface area (TPSA) is 52.1 Å². The molecule has 1 unspecified atom stereocenters. The highest BCUT2D eigenvalue weighted by Crippen LogP contribution is 2.28. The minimum atomic E-state index is 0.426. The van der Waals surface area contributed by atoms with Gasteiger partial charge >= 0.3 is 0 Å². The summed E-state index contributed by atoms with van der Waals surface area (Å²) in [5.74, 6) is 1.75. The minimum absolute atomic E-state index is 0.426. The van der Waals surface area contributed by atoms with Crippen molar-refractivity contribution in [1.82, 2.24) is 20.4 Å². The molecule has 0 saturated carbocycles. The number of rotatable bonds is 7. The number of ether oxygens (including phenoxy) is 1. The number of nitrogens with one attached hydrogen (secondary N) is 2. The Morgan fingerprint density at radius 3 is 2.70 bits per heavy atom. The van der Waals surface area contributed by atoms with Gasteiger partial charge in [-0.1, -0.05) is 13.0 Å². The first-order valence-electron chi connectivity index (χ1n) is 10.3. The molecule has 3 rings (SSSR count). The number of hydrogen-bond acceptors (Lipinski definition) is 5. The SMILES string of the molecule is CN=C(NCCN1CCOCC1)NCC(c1cccs1)N1CCC(C)CC1. The third kappa shape index (κ3) is 6.45. The van der Waals surface area contributed by atoms with E-state index >= 15 is 0 Å². The second-order valence-corrected chi connectivity index (χ2v) is 8.56. The number of likely N-dealkylation sites (tertiary alicyclic amines) is 1. The van der Waals surface area contributed by atoms with Crippen LogP contribution in [0.15, 0.2) is 22.5 Å². The van der Waals surface area contributed by atoms with Gasteiger partial charge in [0.2, 0.25) is 0 Å². The van der Waals surface area contributed by atoms with Gasteiger partial charge in [-0.05, 0) is 43.3 Å². The van der Waals surface area contributed by atoms with Crippen LogP contribution in [0, 0.1) is 5.92 Å². The molecule has 152 valence electrons. The van der Waals surface area contributed by atoms with Crippen molar-refractivity contribution in [2.24, 2.45) is 10.9 Å². The molecule has 2 aliphatic rings. The molecule has 6 nitrogen and oxygen atoms in total. The quantitative estimate of drug-likeness (QED) is 0.548. The Morgan fingerprint density at radius 1 is 1.26 bits per heavy atom. The largest absolute Gasteiger partial charge is 0.379 e. The summed E-state index contributed by atoms with van der Waals surface area (Å²) in [6.45, 7) is 11.3. The number of morpholine rings is 1. The monoisotopic (exact) mass is 393 g/mol. The summed E-state index contributed by atoms with van der Waals surface area (Å²) >= 11 is 1.86. The van der Waals surface area contributed by atoms with E-state index in [9.17, 15) is 0 Å². The van der Waals surface area contributed by atoms with Gasteiger partial charge in [0.25, 0.3) is 0 Å². The predicted octanol–water partition coefficient (Wildman–Crippen LogP) is 2.02. The summed E-state index contributed by atoms with van der Waals surface area (Å²) < 4.78 is 5.41. The van der Waals surface area contributed by atoms with Crippen molar-refractivity contribution < 1.29 is 4.74 Å². The molecule has 2 fully saturated rings. The van der Waals surface area contributed by atoms with Gasteiger partial charge in [0.15, 0.2) is 5.96 Å². The fourth-order valence-electron chi connectivity index (χ4n) is 3.80. The van der Waals surface area contributed by atoms with Crippen LogP contribution in [-0.4, -0.2) is 81.8 Å². The highest BCUT2D eigenvalue weighted by molar-refractivity contribution is 7.10. The Bertz CT molecular complexity index is 551. The second kappa shape index (κ2) is 11.0. The van der Waals surface area contributed by atoms with Gasteiger partial charge in [0.1, 0.15) is 0 Å². The molecule has 0 aromatic carbocycles. The first-order valence-corrected chi connectivity index (χ1v) is 11.2. The summed E-state index contributed by atoms with van der Waals surface area (Å²) in [4.78, 5) is 10.9. The molecule has 0 aliphatic carbocycles. The Morgan fingerprint density at radius 2 is 2.04 bits per heavy atom. The zero-order valence-electron chi connectivity index (χ0n) is 16.8. The molecule has 2 saturated heterocycles. The summed E-state index contributed by atoms with van der Waals surface area (Å²) in [5, 5.41) is 9.22. The molecule has 2 N–H and O–H groups in total. The molecule has 27 heavy (non-hydrogen) atoms. The lowest BCUT2D eigenvalue weighted by Crippen LogP contribution is -2.47. The first kappa shape index (κ1) is 20.6. The van der Waals surface area contributed by atoms with Crippen molar-refractivity contribution in [2.45, 2.75) is 25.8 Å². The molecular formula is C20H35N5OS. The summed E-state index contributed by atoms with van der Waals surface area (Å²) in [6, 6.07) is 4.86. The van der Waals surface area contributed by atoms with E-state index in [1.807, 2.05) is 18.4 Å². The zero-order valence-corrected chi connectivity index (χ0v) is 17.6. The molecule has 1 aromatic heterocycles. The molecule has 0 spiro atoms. The maximum atomic E-state index is 5.41. The lowest BCUT2D eigenvalue weighted by molar-refractivity contribution is 0.0389. The fourth-order valence-corrected chi connectivity index (χ4v) is 4.66. The van der Waals surface area contributed by atoms with E-state index in [1.54, 1.807) is 0 Å². The maximum absolute atomic E-state index is 5.41. The molecule has 7 heteroatoms. The van der Waals surface area contributed by atoms with Crippen molar-refractivity contribution in [3.05, 3.63) is 22.4 Å². The van der Waals surface area contributed by atoms with E-state index in [0.717, 1.165) is 57.8 Å². The third-order valence-corrected chi connectivity index (χ3v) is 6.61. The molecular weight excluding hydrogens is 358 g/mol. The number of piperidine rings is 1.